The molecule has 0 aliphatic heterocycles. The Morgan fingerprint density at radius 1 is 1.40 bits per heavy atom. The lowest BCUT2D eigenvalue weighted by Crippen LogP contribution is -2.20. The molecule has 20 heavy (non-hydrogen) atoms. The summed E-state index contributed by atoms with van der Waals surface area (Å²) in [5, 5.41) is 13.8. The quantitative estimate of drug-likeness (QED) is 0.241. The van der Waals surface area contributed by atoms with Crippen molar-refractivity contribution in [3.8, 4) is 0 Å². The Morgan fingerprint density at radius 2 is 2.10 bits per heavy atom. The molecule has 10 nitrogen and oxygen atoms in total. The summed E-state index contributed by atoms with van der Waals surface area (Å²) in [6.07, 6.45) is 1.19. The van der Waals surface area contributed by atoms with Crippen LogP contribution in [0.3, 0.4) is 0 Å². The third-order valence-electron chi connectivity index (χ3n) is 2.36. The first-order chi connectivity index (χ1) is 9.56. The summed E-state index contributed by atoms with van der Waals surface area (Å²) in [6.45, 7) is 2.22. The molecule has 1 aromatic rings. The van der Waals surface area contributed by atoms with Crippen LogP contribution in [0.1, 0.15) is 0 Å². The third kappa shape index (κ3) is 4.91. The fraction of sp³-hybridized carbons (Fsp3) is 0.600. The number of hydrazine groups is 1. The molecule has 4 N–H and O–H groups in total. The number of nitrogens with one attached hydrogen (secondary N) is 2. The number of likely N-dealkylation sites (N-methyl/N-ethyl adjacent to an activating group) is 1. The van der Waals surface area contributed by atoms with Gasteiger partial charge in [0.15, 0.2) is 0 Å². The van der Waals surface area contributed by atoms with E-state index in [1.165, 1.54) is 6.33 Å². The van der Waals surface area contributed by atoms with Crippen molar-refractivity contribution in [2.75, 3.05) is 51.1 Å². The summed E-state index contributed by atoms with van der Waals surface area (Å²) in [6, 6.07) is 0. The van der Waals surface area contributed by atoms with Gasteiger partial charge in [0.2, 0.25) is 11.6 Å². The molecule has 0 aliphatic rings. The summed E-state index contributed by atoms with van der Waals surface area (Å²) in [5.41, 5.74) is 1.88. The average Bonchev–Trinajstić information content (AvgIpc) is 2.41. The maximum atomic E-state index is 11.0. The number of nitrogen functional groups attached to an aromatic ring is 1. The fourth-order valence-electron chi connectivity index (χ4n) is 1.38. The number of nitro groups is 1. The molecule has 0 unspecified atom stereocenters. The van der Waals surface area contributed by atoms with Gasteiger partial charge in [-0.05, 0) is 14.1 Å². The van der Waals surface area contributed by atoms with Crippen molar-refractivity contribution >= 4 is 17.3 Å². The monoisotopic (exact) mass is 285 g/mol. The van der Waals surface area contributed by atoms with Crippen molar-refractivity contribution in [3.05, 3.63) is 16.4 Å². The lowest BCUT2D eigenvalue weighted by atomic mass is 10.4. The van der Waals surface area contributed by atoms with Crippen LogP contribution in [0, 0.1) is 10.1 Å². The molecule has 10 heteroatoms. The Morgan fingerprint density at radius 3 is 2.70 bits per heavy atom. The van der Waals surface area contributed by atoms with Gasteiger partial charge in [-0.2, -0.15) is 0 Å². The zero-order chi connectivity index (χ0) is 15.0. The smallest absolute Gasteiger partial charge is 0.354 e. The van der Waals surface area contributed by atoms with E-state index < -0.39 is 4.92 Å². The minimum atomic E-state index is -0.593. The van der Waals surface area contributed by atoms with E-state index in [0.29, 0.717) is 19.8 Å². The molecule has 0 saturated carbocycles. The van der Waals surface area contributed by atoms with Gasteiger partial charge in [-0.1, -0.05) is 0 Å². The van der Waals surface area contributed by atoms with Gasteiger partial charge in [-0.25, -0.2) is 15.8 Å². The largest absolute Gasteiger partial charge is 0.378 e. The highest BCUT2D eigenvalue weighted by molar-refractivity contribution is 5.68. The predicted octanol–water partition coefficient (Wildman–Crippen LogP) is -0.339. The van der Waals surface area contributed by atoms with Crippen LogP contribution >= 0.6 is 0 Å². The van der Waals surface area contributed by atoms with Crippen LogP contribution in [0.15, 0.2) is 6.33 Å². The normalized spacial score (nSPS) is 10.6. The number of ether oxygens (including phenoxy) is 1. The van der Waals surface area contributed by atoms with Crippen molar-refractivity contribution in [1.29, 1.82) is 0 Å². The maximum Gasteiger partial charge on any atom is 0.354 e. The van der Waals surface area contributed by atoms with Crippen molar-refractivity contribution in [3.63, 3.8) is 0 Å². The third-order valence-corrected chi connectivity index (χ3v) is 2.36. The second-order valence-corrected chi connectivity index (χ2v) is 4.16. The molecule has 0 atom stereocenters. The van der Waals surface area contributed by atoms with Gasteiger partial charge in [-0.15, -0.1) is 0 Å². The molecule has 0 amide bonds. The molecular formula is C10H19N7O3. The molecule has 112 valence electrons. The minimum absolute atomic E-state index is 0.0407. The molecule has 0 bridgehead atoms. The van der Waals surface area contributed by atoms with E-state index in [0.717, 1.165) is 6.54 Å². The van der Waals surface area contributed by atoms with Crippen LogP contribution in [0.4, 0.5) is 17.3 Å². The highest BCUT2D eigenvalue weighted by Gasteiger charge is 2.21. The van der Waals surface area contributed by atoms with Gasteiger partial charge >= 0.3 is 5.69 Å². The number of nitrogens with zero attached hydrogens (tertiary/aromatic N) is 4. The van der Waals surface area contributed by atoms with E-state index >= 15 is 0 Å². The van der Waals surface area contributed by atoms with E-state index in [4.69, 9.17) is 10.6 Å². The van der Waals surface area contributed by atoms with Crippen LogP contribution in [-0.2, 0) is 4.74 Å². The maximum absolute atomic E-state index is 11.0. The fourth-order valence-corrected chi connectivity index (χ4v) is 1.38. The Kier molecular flexibility index (Phi) is 6.56. The molecule has 0 aromatic carbocycles. The minimum Gasteiger partial charge on any atom is -0.378 e. The summed E-state index contributed by atoms with van der Waals surface area (Å²) in [4.78, 5) is 19.9. The topological polar surface area (TPSA) is 131 Å². The van der Waals surface area contributed by atoms with Crippen LogP contribution in [0.25, 0.3) is 0 Å². The summed E-state index contributed by atoms with van der Waals surface area (Å²) in [7, 11) is 3.90. The van der Waals surface area contributed by atoms with Crippen LogP contribution in [0.5, 0.6) is 0 Å². The van der Waals surface area contributed by atoms with Crippen molar-refractivity contribution < 1.29 is 9.66 Å². The van der Waals surface area contributed by atoms with E-state index in [-0.39, 0.29) is 17.3 Å². The van der Waals surface area contributed by atoms with Crippen LogP contribution < -0.4 is 16.6 Å². The molecule has 0 fully saturated rings. The van der Waals surface area contributed by atoms with Crippen molar-refractivity contribution in [1.82, 2.24) is 14.9 Å². The van der Waals surface area contributed by atoms with E-state index in [9.17, 15) is 10.1 Å². The van der Waals surface area contributed by atoms with Gasteiger partial charge < -0.3 is 20.4 Å². The summed E-state index contributed by atoms with van der Waals surface area (Å²) < 4.78 is 5.37. The number of aromatic nitrogens is 2. The second-order valence-electron chi connectivity index (χ2n) is 4.16. The standard InChI is InChI=1S/C10H19N7O3/c1-16(2)4-6-20-5-3-12-9-8(17(18)19)10(15-11)14-7-13-9/h7H,3-6,11H2,1-2H3,(H2,12,13,14,15). The first kappa shape index (κ1) is 16.0. The molecule has 0 saturated heterocycles. The van der Waals surface area contributed by atoms with Crippen LogP contribution in [-0.4, -0.2) is 60.2 Å². The Labute approximate surface area is 116 Å². The lowest BCUT2D eigenvalue weighted by Gasteiger charge is -2.11. The number of anilines is 2. The first-order valence-electron chi connectivity index (χ1n) is 5.98. The van der Waals surface area contributed by atoms with Gasteiger partial charge in [0, 0.05) is 13.1 Å². The van der Waals surface area contributed by atoms with Crippen molar-refractivity contribution in [2.24, 2.45) is 5.84 Å². The number of nitrogens with two attached hydrogens (primary N) is 1. The lowest BCUT2D eigenvalue weighted by molar-refractivity contribution is -0.383. The van der Waals surface area contributed by atoms with Crippen LogP contribution in [0.2, 0.25) is 0 Å². The highest BCUT2D eigenvalue weighted by Crippen LogP contribution is 2.27. The molecule has 0 radical (unpaired) electrons. The molecule has 1 rings (SSSR count). The molecule has 0 aliphatic carbocycles. The van der Waals surface area contributed by atoms with E-state index in [1.54, 1.807) is 0 Å². The molecular weight excluding hydrogens is 266 g/mol. The molecule has 1 aromatic heterocycles. The summed E-state index contributed by atoms with van der Waals surface area (Å²) >= 11 is 0. The van der Waals surface area contributed by atoms with Gasteiger partial charge in [0.05, 0.1) is 18.1 Å². The Hall–Kier alpha value is -2.04. The average molecular weight is 285 g/mol. The van der Waals surface area contributed by atoms with Gasteiger partial charge in [0.25, 0.3) is 0 Å². The Balaban J connectivity index is 2.49. The van der Waals surface area contributed by atoms with Crippen molar-refractivity contribution in [2.45, 2.75) is 0 Å². The molecule has 1 heterocycles. The first-order valence-corrected chi connectivity index (χ1v) is 5.98. The van der Waals surface area contributed by atoms with E-state index in [1.807, 2.05) is 19.0 Å². The zero-order valence-electron chi connectivity index (χ0n) is 11.5. The second kappa shape index (κ2) is 8.19. The number of hydrogen-bond acceptors (Lipinski definition) is 9. The predicted molar refractivity (Wildman–Crippen MR) is 74.4 cm³/mol. The van der Waals surface area contributed by atoms with E-state index in [2.05, 4.69) is 20.7 Å². The van der Waals surface area contributed by atoms with Gasteiger partial charge in [-0.3, -0.25) is 10.1 Å². The highest BCUT2D eigenvalue weighted by atomic mass is 16.6. The Bertz CT molecular complexity index is 441. The SMILES string of the molecule is CN(C)CCOCCNc1ncnc(NN)c1[N+](=O)[O-]. The summed E-state index contributed by atoms with van der Waals surface area (Å²) in [5.74, 6) is 5.24. The zero-order valence-corrected chi connectivity index (χ0v) is 11.5. The number of hydrogen-bond donors (Lipinski definition) is 3. The molecule has 0 spiro atoms. The van der Waals surface area contributed by atoms with Gasteiger partial charge in [0.1, 0.15) is 6.33 Å². The number of rotatable bonds is 9.